The Balaban J connectivity index is 2.51. The lowest BCUT2D eigenvalue weighted by Crippen LogP contribution is -2.13. The van der Waals surface area contributed by atoms with Crippen LogP contribution in [0.2, 0.25) is 0 Å². The Hall–Kier alpha value is -2.17. The van der Waals surface area contributed by atoms with Gasteiger partial charge in [-0.05, 0) is 26.8 Å². The van der Waals surface area contributed by atoms with E-state index in [-0.39, 0.29) is 0 Å². The van der Waals surface area contributed by atoms with Crippen molar-refractivity contribution in [1.82, 2.24) is 9.97 Å². The zero-order chi connectivity index (χ0) is 13.3. The number of rotatable bonds is 3. The minimum Gasteiger partial charge on any atom is -0.481 e. The second kappa shape index (κ2) is 4.60. The van der Waals surface area contributed by atoms with Crippen molar-refractivity contribution in [3.63, 3.8) is 0 Å². The number of hydrogen-bond acceptors (Lipinski definition) is 4. The second-order valence-corrected chi connectivity index (χ2v) is 4.20. The van der Waals surface area contributed by atoms with Crippen molar-refractivity contribution in [2.75, 3.05) is 0 Å². The van der Waals surface area contributed by atoms with Crippen molar-refractivity contribution in [2.24, 2.45) is 0 Å². The summed E-state index contributed by atoms with van der Waals surface area (Å²) >= 11 is 0. The van der Waals surface area contributed by atoms with E-state index in [1.807, 2.05) is 0 Å². The van der Waals surface area contributed by atoms with Crippen LogP contribution in [0.4, 0.5) is 0 Å². The molecule has 1 atom stereocenters. The largest absolute Gasteiger partial charge is 0.481 e. The van der Waals surface area contributed by atoms with E-state index in [0.29, 0.717) is 22.8 Å². The van der Waals surface area contributed by atoms with Crippen molar-refractivity contribution in [3.05, 3.63) is 35.5 Å². The molecule has 0 bridgehead atoms. The first-order valence-electron chi connectivity index (χ1n) is 5.61. The van der Waals surface area contributed by atoms with E-state index in [1.165, 1.54) is 0 Å². The van der Waals surface area contributed by atoms with Gasteiger partial charge in [0.05, 0.1) is 17.7 Å². The molecule has 2 heterocycles. The molecule has 0 aliphatic carbocycles. The van der Waals surface area contributed by atoms with Crippen LogP contribution in [0.15, 0.2) is 23.0 Å². The highest BCUT2D eigenvalue weighted by atomic mass is 16.4. The smallest absolute Gasteiger partial charge is 0.310 e. The molecule has 0 aromatic carbocycles. The van der Waals surface area contributed by atoms with Gasteiger partial charge in [0, 0.05) is 17.0 Å². The summed E-state index contributed by atoms with van der Waals surface area (Å²) in [6, 6.07) is 1.77. The Morgan fingerprint density at radius 1 is 1.33 bits per heavy atom. The van der Waals surface area contributed by atoms with E-state index < -0.39 is 11.9 Å². The zero-order valence-corrected chi connectivity index (χ0v) is 10.5. The molecule has 0 aliphatic heterocycles. The van der Waals surface area contributed by atoms with E-state index >= 15 is 0 Å². The first-order chi connectivity index (χ1) is 8.50. The lowest BCUT2D eigenvalue weighted by Gasteiger charge is -2.13. The first kappa shape index (κ1) is 12.3. The molecular formula is C13H14N2O3. The molecule has 2 aromatic rings. The van der Waals surface area contributed by atoms with Crippen LogP contribution in [0, 0.1) is 13.8 Å². The van der Waals surface area contributed by atoms with Gasteiger partial charge in [-0.2, -0.15) is 0 Å². The molecule has 0 fully saturated rings. The Morgan fingerprint density at radius 3 is 2.39 bits per heavy atom. The number of carbonyl (C=O) groups is 1. The lowest BCUT2D eigenvalue weighted by atomic mass is 9.98. The van der Waals surface area contributed by atoms with E-state index in [0.717, 1.165) is 5.56 Å². The molecule has 0 saturated carbocycles. The average Bonchev–Trinajstić information content (AvgIpc) is 2.80. The van der Waals surface area contributed by atoms with E-state index in [4.69, 9.17) is 9.52 Å². The highest BCUT2D eigenvalue weighted by molar-refractivity contribution is 5.76. The maximum atomic E-state index is 11.0. The minimum atomic E-state index is -0.874. The van der Waals surface area contributed by atoms with Gasteiger partial charge in [0.1, 0.15) is 6.26 Å². The predicted molar refractivity (Wildman–Crippen MR) is 65.3 cm³/mol. The third-order valence-electron chi connectivity index (χ3n) is 2.91. The van der Waals surface area contributed by atoms with Crippen LogP contribution in [-0.2, 0) is 4.79 Å². The van der Waals surface area contributed by atoms with Crippen LogP contribution >= 0.6 is 0 Å². The maximum absolute atomic E-state index is 11.0. The van der Waals surface area contributed by atoms with Crippen molar-refractivity contribution in [1.29, 1.82) is 0 Å². The zero-order valence-electron chi connectivity index (χ0n) is 10.5. The number of furan rings is 1. The molecule has 0 aliphatic rings. The summed E-state index contributed by atoms with van der Waals surface area (Å²) in [5.41, 5.74) is 2.84. The molecule has 2 aromatic heterocycles. The molecule has 0 saturated heterocycles. The Bertz CT molecular complexity index is 553. The standard InChI is InChI=1S/C13H14N2O3/c1-7(13(16)17)11-8(2)14-12(15-9(11)3)10-4-5-18-6-10/h4-7H,1-3H3,(H,16,17). The minimum absolute atomic E-state index is 0.556. The molecular weight excluding hydrogens is 232 g/mol. The molecule has 94 valence electrons. The van der Waals surface area contributed by atoms with Crippen LogP contribution < -0.4 is 0 Å². The van der Waals surface area contributed by atoms with Crippen molar-refractivity contribution >= 4 is 5.97 Å². The van der Waals surface area contributed by atoms with Crippen molar-refractivity contribution < 1.29 is 14.3 Å². The van der Waals surface area contributed by atoms with Crippen LogP contribution in [-0.4, -0.2) is 21.0 Å². The fourth-order valence-corrected chi connectivity index (χ4v) is 2.00. The van der Waals surface area contributed by atoms with Gasteiger partial charge in [-0.3, -0.25) is 4.79 Å². The number of aromatic nitrogens is 2. The number of carboxylic acid groups (broad SMARTS) is 1. The Kier molecular flexibility index (Phi) is 3.14. The van der Waals surface area contributed by atoms with Gasteiger partial charge < -0.3 is 9.52 Å². The van der Waals surface area contributed by atoms with Crippen LogP contribution in [0.5, 0.6) is 0 Å². The molecule has 18 heavy (non-hydrogen) atoms. The summed E-state index contributed by atoms with van der Waals surface area (Å²) in [4.78, 5) is 19.7. The summed E-state index contributed by atoms with van der Waals surface area (Å²) in [6.45, 7) is 5.23. The molecule has 0 spiro atoms. The third-order valence-corrected chi connectivity index (χ3v) is 2.91. The summed E-state index contributed by atoms with van der Waals surface area (Å²) in [6.07, 6.45) is 3.12. The van der Waals surface area contributed by atoms with Gasteiger partial charge in [0.2, 0.25) is 0 Å². The molecule has 0 radical (unpaired) electrons. The summed E-state index contributed by atoms with van der Waals surface area (Å²) in [5, 5.41) is 9.07. The van der Waals surface area contributed by atoms with Gasteiger partial charge in [-0.1, -0.05) is 0 Å². The third kappa shape index (κ3) is 2.11. The normalized spacial score (nSPS) is 12.4. The summed E-state index contributed by atoms with van der Waals surface area (Å²) < 4.78 is 4.99. The van der Waals surface area contributed by atoms with Crippen molar-refractivity contribution in [3.8, 4) is 11.4 Å². The molecule has 2 rings (SSSR count). The monoisotopic (exact) mass is 246 g/mol. The van der Waals surface area contributed by atoms with Gasteiger partial charge in [0.15, 0.2) is 5.82 Å². The number of carboxylic acids is 1. The predicted octanol–water partition coefficient (Wildman–Crippen LogP) is 2.54. The molecule has 5 heteroatoms. The quantitative estimate of drug-likeness (QED) is 0.900. The topological polar surface area (TPSA) is 76.2 Å². The average molecular weight is 246 g/mol. The van der Waals surface area contributed by atoms with E-state index in [1.54, 1.807) is 39.4 Å². The summed E-state index contributed by atoms with van der Waals surface area (Å²) in [7, 11) is 0. The van der Waals surface area contributed by atoms with E-state index in [2.05, 4.69) is 9.97 Å². The lowest BCUT2D eigenvalue weighted by molar-refractivity contribution is -0.138. The SMILES string of the molecule is Cc1nc(-c2ccoc2)nc(C)c1C(C)C(=O)O. The highest BCUT2D eigenvalue weighted by Crippen LogP contribution is 2.24. The fourth-order valence-electron chi connectivity index (χ4n) is 2.00. The highest BCUT2D eigenvalue weighted by Gasteiger charge is 2.21. The maximum Gasteiger partial charge on any atom is 0.310 e. The molecule has 1 N–H and O–H groups in total. The number of hydrogen-bond donors (Lipinski definition) is 1. The first-order valence-corrected chi connectivity index (χ1v) is 5.61. The number of aryl methyl sites for hydroxylation is 2. The van der Waals surface area contributed by atoms with E-state index in [9.17, 15) is 4.79 Å². The van der Waals surface area contributed by atoms with Gasteiger partial charge in [0.25, 0.3) is 0 Å². The van der Waals surface area contributed by atoms with Crippen molar-refractivity contribution in [2.45, 2.75) is 26.7 Å². The van der Waals surface area contributed by atoms with Gasteiger partial charge in [-0.15, -0.1) is 0 Å². The van der Waals surface area contributed by atoms with Gasteiger partial charge in [-0.25, -0.2) is 9.97 Å². The van der Waals surface area contributed by atoms with Crippen LogP contribution in [0.1, 0.15) is 29.8 Å². The molecule has 5 nitrogen and oxygen atoms in total. The Morgan fingerprint density at radius 2 is 1.94 bits per heavy atom. The molecule has 1 unspecified atom stereocenters. The second-order valence-electron chi connectivity index (χ2n) is 4.20. The summed E-state index contributed by atoms with van der Waals surface area (Å²) in [5.74, 6) is -0.927. The number of nitrogens with zero attached hydrogens (tertiary/aromatic N) is 2. The molecule has 0 amide bonds. The van der Waals surface area contributed by atoms with Crippen LogP contribution in [0.25, 0.3) is 11.4 Å². The fraction of sp³-hybridized carbons (Fsp3) is 0.308. The number of aliphatic carboxylic acids is 1. The Labute approximate surface area is 105 Å². The van der Waals surface area contributed by atoms with Crippen LogP contribution in [0.3, 0.4) is 0 Å². The van der Waals surface area contributed by atoms with Gasteiger partial charge >= 0.3 is 5.97 Å².